The number of rotatable bonds is 9. The van der Waals surface area contributed by atoms with Gasteiger partial charge in [0, 0.05) is 5.54 Å². The van der Waals surface area contributed by atoms with E-state index in [1.165, 1.54) is 45.3 Å². The highest BCUT2D eigenvalue weighted by Gasteiger charge is 2.23. The Morgan fingerprint density at radius 3 is 2.67 bits per heavy atom. The first-order chi connectivity index (χ1) is 10.0. The smallest absolute Gasteiger partial charge is 0.0610 e. The minimum atomic E-state index is -0.0949. The van der Waals surface area contributed by atoms with Crippen molar-refractivity contribution in [3.05, 3.63) is 0 Å². The van der Waals surface area contributed by atoms with E-state index in [1.54, 1.807) is 0 Å². The minimum absolute atomic E-state index is 0.0949. The van der Waals surface area contributed by atoms with Crippen molar-refractivity contribution in [2.24, 2.45) is 11.8 Å². The van der Waals surface area contributed by atoms with Crippen molar-refractivity contribution in [1.82, 2.24) is 10.2 Å². The number of aliphatic hydroxyl groups excluding tert-OH is 1. The molecule has 0 saturated carbocycles. The second-order valence-electron chi connectivity index (χ2n) is 7.53. The van der Waals surface area contributed by atoms with Gasteiger partial charge in [-0.3, -0.25) is 0 Å². The highest BCUT2D eigenvalue weighted by atomic mass is 16.3. The van der Waals surface area contributed by atoms with Gasteiger partial charge >= 0.3 is 0 Å². The van der Waals surface area contributed by atoms with Crippen molar-refractivity contribution in [3.8, 4) is 0 Å². The summed E-state index contributed by atoms with van der Waals surface area (Å²) in [6, 6.07) is 0. The maximum atomic E-state index is 9.61. The molecule has 3 nitrogen and oxygen atoms in total. The van der Waals surface area contributed by atoms with E-state index in [1.807, 2.05) is 0 Å². The first kappa shape index (κ1) is 18.9. The molecule has 2 atom stereocenters. The van der Waals surface area contributed by atoms with Gasteiger partial charge in [-0.1, -0.05) is 20.8 Å². The summed E-state index contributed by atoms with van der Waals surface area (Å²) in [5, 5.41) is 13.1. The van der Waals surface area contributed by atoms with E-state index in [4.69, 9.17) is 0 Å². The number of aliphatic hydroxyl groups is 1. The summed E-state index contributed by atoms with van der Waals surface area (Å²) in [4.78, 5) is 2.64. The number of nitrogens with one attached hydrogen (secondary N) is 1. The Hall–Kier alpha value is -0.120. The molecule has 1 aliphatic rings. The molecule has 0 amide bonds. The van der Waals surface area contributed by atoms with Crippen molar-refractivity contribution in [1.29, 1.82) is 0 Å². The minimum Gasteiger partial charge on any atom is -0.394 e. The van der Waals surface area contributed by atoms with Crippen molar-refractivity contribution >= 4 is 0 Å². The SMILES string of the molecule is CCCNC(C)(CO)CCCN1CCCC(C(C)C)CC1. The van der Waals surface area contributed by atoms with Gasteiger partial charge in [0.15, 0.2) is 0 Å². The van der Waals surface area contributed by atoms with Crippen LogP contribution in [0.5, 0.6) is 0 Å². The van der Waals surface area contributed by atoms with E-state index in [-0.39, 0.29) is 12.1 Å². The van der Waals surface area contributed by atoms with E-state index in [2.05, 4.69) is 37.9 Å². The van der Waals surface area contributed by atoms with E-state index in [9.17, 15) is 5.11 Å². The molecule has 1 heterocycles. The third-order valence-electron chi connectivity index (χ3n) is 5.16. The molecule has 2 unspecified atom stereocenters. The molecule has 0 aliphatic carbocycles. The van der Waals surface area contributed by atoms with Crippen molar-refractivity contribution in [2.45, 2.75) is 71.8 Å². The van der Waals surface area contributed by atoms with Gasteiger partial charge in [-0.25, -0.2) is 0 Å². The zero-order chi connectivity index (χ0) is 15.7. The topological polar surface area (TPSA) is 35.5 Å². The average Bonchev–Trinajstić information content (AvgIpc) is 2.71. The lowest BCUT2D eigenvalue weighted by molar-refractivity contribution is 0.156. The second kappa shape index (κ2) is 9.81. The molecule has 0 aromatic rings. The summed E-state index contributed by atoms with van der Waals surface area (Å²) >= 11 is 0. The molecule has 0 spiro atoms. The highest BCUT2D eigenvalue weighted by molar-refractivity contribution is 4.82. The fourth-order valence-corrected chi connectivity index (χ4v) is 3.41. The van der Waals surface area contributed by atoms with Gasteiger partial charge < -0.3 is 15.3 Å². The van der Waals surface area contributed by atoms with Crippen LogP contribution in [0.2, 0.25) is 0 Å². The fraction of sp³-hybridized carbons (Fsp3) is 1.00. The molecule has 1 aliphatic heterocycles. The Kier molecular flexibility index (Phi) is 8.84. The van der Waals surface area contributed by atoms with Crippen LogP contribution in [0.3, 0.4) is 0 Å². The molecule has 21 heavy (non-hydrogen) atoms. The van der Waals surface area contributed by atoms with E-state index >= 15 is 0 Å². The summed E-state index contributed by atoms with van der Waals surface area (Å²) in [7, 11) is 0. The zero-order valence-corrected chi connectivity index (χ0v) is 14.8. The van der Waals surface area contributed by atoms with Crippen LogP contribution in [0.25, 0.3) is 0 Å². The molecule has 1 fully saturated rings. The molecule has 0 aromatic heterocycles. The molecule has 3 heteroatoms. The Labute approximate surface area is 132 Å². The van der Waals surface area contributed by atoms with Gasteiger partial charge in [0.25, 0.3) is 0 Å². The lowest BCUT2D eigenvalue weighted by atomic mass is 9.89. The van der Waals surface area contributed by atoms with Gasteiger partial charge in [-0.15, -0.1) is 0 Å². The van der Waals surface area contributed by atoms with Crippen LogP contribution in [0.4, 0.5) is 0 Å². The van der Waals surface area contributed by atoms with E-state index in [0.717, 1.165) is 31.2 Å². The van der Waals surface area contributed by atoms with Gasteiger partial charge in [-0.05, 0) is 83.5 Å². The first-order valence-corrected chi connectivity index (χ1v) is 9.09. The monoisotopic (exact) mass is 298 g/mol. The van der Waals surface area contributed by atoms with Gasteiger partial charge in [0.2, 0.25) is 0 Å². The molecule has 0 radical (unpaired) electrons. The van der Waals surface area contributed by atoms with E-state index in [0.29, 0.717) is 0 Å². The summed E-state index contributed by atoms with van der Waals surface area (Å²) in [6.45, 7) is 14.0. The highest BCUT2D eigenvalue weighted by Crippen LogP contribution is 2.24. The van der Waals surface area contributed by atoms with E-state index < -0.39 is 0 Å². The van der Waals surface area contributed by atoms with Crippen LogP contribution in [0, 0.1) is 11.8 Å². The Morgan fingerprint density at radius 2 is 2.05 bits per heavy atom. The van der Waals surface area contributed by atoms with Crippen LogP contribution in [-0.2, 0) is 0 Å². The lowest BCUT2D eigenvalue weighted by Crippen LogP contribution is -2.46. The Balaban J connectivity index is 2.28. The van der Waals surface area contributed by atoms with Gasteiger partial charge in [0.1, 0.15) is 0 Å². The Morgan fingerprint density at radius 1 is 1.29 bits per heavy atom. The van der Waals surface area contributed by atoms with Crippen molar-refractivity contribution in [3.63, 3.8) is 0 Å². The molecule has 1 rings (SSSR count). The van der Waals surface area contributed by atoms with Gasteiger partial charge in [0.05, 0.1) is 6.61 Å². The van der Waals surface area contributed by atoms with Crippen LogP contribution in [0.1, 0.15) is 66.2 Å². The standard InChI is InChI=1S/C18H38N2O/c1-5-11-19-18(4,15-21)10-7-13-20-12-6-8-17(9-14-20)16(2)3/h16-17,19,21H,5-15H2,1-4H3. The average molecular weight is 299 g/mol. The summed E-state index contributed by atoms with van der Waals surface area (Å²) in [5.41, 5.74) is -0.0949. The number of likely N-dealkylation sites (tertiary alicyclic amines) is 1. The molecular weight excluding hydrogens is 260 g/mol. The van der Waals surface area contributed by atoms with Crippen molar-refractivity contribution < 1.29 is 5.11 Å². The maximum absolute atomic E-state index is 9.61. The lowest BCUT2D eigenvalue weighted by Gasteiger charge is -2.30. The predicted molar refractivity (Wildman–Crippen MR) is 91.6 cm³/mol. The normalized spacial score (nSPS) is 24.0. The van der Waals surface area contributed by atoms with Crippen molar-refractivity contribution in [2.75, 3.05) is 32.8 Å². The van der Waals surface area contributed by atoms with Crippen LogP contribution >= 0.6 is 0 Å². The molecule has 0 aromatic carbocycles. The number of nitrogens with zero attached hydrogens (tertiary/aromatic N) is 1. The Bertz CT molecular complexity index is 270. The predicted octanol–water partition coefficient (Wildman–Crippen LogP) is 3.28. The molecule has 0 bridgehead atoms. The number of hydrogen-bond acceptors (Lipinski definition) is 3. The van der Waals surface area contributed by atoms with Crippen LogP contribution < -0.4 is 5.32 Å². The summed E-state index contributed by atoms with van der Waals surface area (Å²) < 4.78 is 0. The van der Waals surface area contributed by atoms with Crippen LogP contribution in [-0.4, -0.2) is 48.3 Å². The number of hydrogen-bond donors (Lipinski definition) is 2. The third-order valence-corrected chi connectivity index (χ3v) is 5.16. The molecule has 2 N–H and O–H groups in total. The molecular formula is C18H38N2O. The summed E-state index contributed by atoms with van der Waals surface area (Å²) in [5.74, 6) is 1.75. The third kappa shape index (κ3) is 7.12. The molecule has 1 saturated heterocycles. The van der Waals surface area contributed by atoms with Crippen LogP contribution in [0.15, 0.2) is 0 Å². The largest absolute Gasteiger partial charge is 0.394 e. The second-order valence-corrected chi connectivity index (χ2v) is 7.53. The quantitative estimate of drug-likeness (QED) is 0.686. The zero-order valence-electron chi connectivity index (χ0n) is 14.8. The van der Waals surface area contributed by atoms with Gasteiger partial charge in [-0.2, -0.15) is 0 Å². The molecule has 126 valence electrons. The summed E-state index contributed by atoms with van der Waals surface area (Å²) in [6.07, 6.45) is 7.49. The fourth-order valence-electron chi connectivity index (χ4n) is 3.41. The maximum Gasteiger partial charge on any atom is 0.0610 e. The first-order valence-electron chi connectivity index (χ1n) is 9.09.